The van der Waals surface area contributed by atoms with Crippen molar-refractivity contribution in [3.63, 3.8) is 0 Å². The van der Waals surface area contributed by atoms with E-state index in [0.717, 1.165) is 31.5 Å². The zero-order valence-electron chi connectivity index (χ0n) is 13.2. The molecule has 1 N–H and O–H groups in total. The normalized spacial score (nSPS) is 16.8. The fraction of sp³-hybridized carbons (Fsp3) is 0.533. The summed E-state index contributed by atoms with van der Waals surface area (Å²) in [5, 5.41) is 9.93. The smallest absolute Gasteiger partial charge is 0.376 e. The summed E-state index contributed by atoms with van der Waals surface area (Å²) in [6.07, 6.45) is -2.53. The van der Waals surface area contributed by atoms with Crippen LogP contribution in [0.1, 0.15) is 25.3 Å². The first kappa shape index (κ1) is 19.2. The van der Waals surface area contributed by atoms with Gasteiger partial charge in [0.1, 0.15) is 6.73 Å². The third-order valence-electron chi connectivity index (χ3n) is 3.78. The summed E-state index contributed by atoms with van der Waals surface area (Å²) in [7, 11) is 0. The molecule has 0 radical (unpaired) electrons. The van der Waals surface area contributed by atoms with Crippen LogP contribution in [0.4, 0.5) is 18.9 Å². The molecule has 0 saturated carbocycles. The molecule has 1 aromatic carbocycles. The molecular weight excluding hydrogens is 363 g/mol. The van der Waals surface area contributed by atoms with Gasteiger partial charge in [0, 0.05) is 6.54 Å². The Morgan fingerprint density at radius 2 is 2.00 bits per heavy atom. The summed E-state index contributed by atoms with van der Waals surface area (Å²) in [6.45, 7) is 3.26. The van der Waals surface area contributed by atoms with Crippen LogP contribution in [-0.2, 0) is 6.18 Å². The van der Waals surface area contributed by atoms with Crippen LogP contribution in [0.5, 0.6) is 0 Å². The number of halogens is 4. The van der Waals surface area contributed by atoms with Gasteiger partial charge in [-0.15, -0.1) is 0 Å². The van der Waals surface area contributed by atoms with Crippen molar-refractivity contribution in [2.75, 3.05) is 31.5 Å². The summed E-state index contributed by atoms with van der Waals surface area (Å²) in [5.41, 5.74) is -0.595. The second-order valence-electron chi connectivity index (χ2n) is 5.59. The lowest BCUT2D eigenvalue weighted by atomic mass is 10.2. The maximum atomic E-state index is 13.0. The minimum atomic E-state index is -4.46. The van der Waals surface area contributed by atoms with Gasteiger partial charge in [-0.25, -0.2) is 0 Å². The number of anilines is 1. The molecule has 0 aromatic heterocycles. The minimum absolute atomic E-state index is 0.181. The van der Waals surface area contributed by atoms with Gasteiger partial charge in [-0.1, -0.05) is 24.9 Å². The second kappa shape index (κ2) is 7.86. The van der Waals surface area contributed by atoms with Gasteiger partial charge >= 0.3 is 6.18 Å². The molecule has 1 aliphatic rings. The van der Waals surface area contributed by atoms with E-state index >= 15 is 0 Å². The Morgan fingerprint density at radius 1 is 1.29 bits per heavy atom. The lowest BCUT2D eigenvalue weighted by Gasteiger charge is -2.43. The molecule has 134 valence electrons. The number of benzene rings is 1. The molecule has 0 amide bonds. The largest absolute Gasteiger partial charge is 0.416 e. The van der Waals surface area contributed by atoms with Crippen LogP contribution in [0.25, 0.3) is 0 Å². The van der Waals surface area contributed by atoms with Crippen LogP contribution in [0.2, 0.25) is 5.02 Å². The number of aliphatic hydroxyl groups excluding tert-OH is 1. The van der Waals surface area contributed by atoms with E-state index in [2.05, 4.69) is 6.92 Å². The molecule has 0 bridgehead atoms. The van der Waals surface area contributed by atoms with E-state index in [1.165, 1.54) is 15.9 Å². The molecule has 9 heteroatoms. The van der Waals surface area contributed by atoms with E-state index < -0.39 is 11.7 Å². The highest BCUT2D eigenvalue weighted by Crippen LogP contribution is 2.36. The first-order chi connectivity index (χ1) is 11.3. The highest BCUT2D eigenvalue weighted by Gasteiger charge is 2.34. The maximum Gasteiger partial charge on any atom is 0.416 e. The van der Waals surface area contributed by atoms with Crippen LogP contribution in [0, 0.1) is 0 Å². The SMILES string of the molecule is CCCCN1CN(CO)C(=S)N(c2cc(C(F)(F)F)ccc2Cl)C1. The first-order valence-corrected chi connectivity index (χ1v) is 8.33. The predicted octanol–water partition coefficient (Wildman–Crippen LogP) is 3.73. The Balaban J connectivity index is 2.35. The summed E-state index contributed by atoms with van der Waals surface area (Å²) in [6, 6.07) is 3.15. The monoisotopic (exact) mass is 381 g/mol. The molecular formula is C15H19ClF3N3OS. The van der Waals surface area contributed by atoms with Gasteiger partial charge in [-0.3, -0.25) is 4.90 Å². The molecule has 1 heterocycles. The number of rotatable bonds is 5. The highest BCUT2D eigenvalue weighted by atomic mass is 35.5. The Bertz CT molecular complexity index is 600. The van der Waals surface area contributed by atoms with Crippen LogP contribution in [0.15, 0.2) is 18.2 Å². The molecule has 1 aliphatic heterocycles. The predicted molar refractivity (Wildman–Crippen MR) is 91.8 cm³/mol. The fourth-order valence-corrected chi connectivity index (χ4v) is 2.97. The molecule has 1 fully saturated rings. The molecule has 0 unspecified atom stereocenters. The van der Waals surface area contributed by atoms with Crippen molar-refractivity contribution in [1.29, 1.82) is 0 Å². The second-order valence-corrected chi connectivity index (χ2v) is 6.36. The molecule has 2 rings (SSSR count). The van der Waals surface area contributed by atoms with Gasteiger partial charge in [0.15, 0.2) is 5.11 Å². The Hall–Kier alpha value is -1.09. The number of hydrogen-bond donors (Lipinski definition) is 1. The molecule has 1 aromatic rings. The van der Waals surface area contributed by atoms with E-state index in [1.807, 2.05) is 4.90 Å². The standard InChI is InChI=1S/C15H19ClF3N3OS/c1-2-3-6-20-8-21(10-23)14(24)22(9-20)13-7-11(15(17,18)19)4-5-12(13)16/h4-5,7,23H,2-3,6,8-10H2,1H3. The van der Waals surface area contributed by atoms with Gasteiger partial charge in [0.05, 0.1) is 29.6 Å². The number of hydrogen-bond acceptors (Lipinski definition) is 3. The molecule has 0 spiro atoms. The van der Waals surface area contributed by atoms with Crippen molar-refractivity contribution in [1.82, 2.24) is 9.80 Å². The number of nitrogens with zero attached hydrogens (tertiary/aromatic N) is 3. The Morgan fingerprint density at radius 3 is 2.58 bits per heavy atom. The number of alkyl halides is 3. The van der Waals surface area contributed by atoms with E-state index in [4.69, 9.17) is 23.8 Å². The van der Waals surface area contributed by atoms with Gasteiger partial charge < -0.3 is 14.9 Å². The molecule has 24 heavy (non-hydrogen) atoms. The van der Waals surface area contributed by atoms with Crippen molar-refractivity contribution in [2.24, 2.45) is 0 Å². The summed E-state index contributed by atoms with van der Waals surface area (Å²) < 4.78 is 39.0. The third-order valence-corrected chi connectivity index (χ3v) is 4.57. The van der Waals surface area contributed by atoms with E-state index in [1.54, 1.807) is 0 Å². The average Bonchev–Trinajstić information content (AvgIpc) is 2.53. The summed E-state index contributed by atoms with van der Waals surface area (Å²) in [4.78, 5) is 5.06. The van der Waals surface area contributed by atoms with Gasteiger partial charge in [-0.2, -0.15) is 13.2 Å². The zero-order valence-corrected chi connectivity index (χ0v) is 14.8. The van der Waals surface area contributed by atoms with Crippen molar-refractivity contribution in [3.8, 4) is 0 Å². The number of unbranched alkanes of at least 4 members (excludes halogenated alkanes) is 1. The topological polar surface area (TPSA) is 30.0 Å². The first-order valence-electron chi connectivity index (χ1n) is 7.54. The average molecular weight is 382 g/mol. The summed E-state index contributed by atoms with van der Waals surface area (Å²) in [5.74, 6) is 0. The number of aliphatic hydroxyl groups is 1. The van der Waals surface area contributed by atoms with Crippen molar-refractivity contribution >= 4 is 34.6 Å². The van der Waals surface area contributed by atoms with Gasteiger partial charge in [0.25, 0.3) is 0 Å². The van der Waals surface area contributed by atoms with E-state index in [9.17, 15) is 18.3 Å². The fourth-order valence-electron chi connectivity index (χ4n) is 2.48. The highest BCUT2D eigenvalue weighted by molar-refractivity contribution is 7.80. The quantitative estimate of drug-likeness (QED) is 0.785. The van der Waals surface area contributed by atoms with Crippen molar-refractivity contribution < 1.29 is 18.3 Å². The molecule has 0 aliphatic carbocycles. The van der Waals surface area contributed by atoms with Gasteiger partial charge in [-0.05, 0) is 36.8 Å². The van der Waals surface area contributed by atoms with Crippen LogP contribution >= 0.6 is 23.8 Å². The maximum absolute atomic E-state index is 13.0. The molecule has 4 nitrogen and oxygen atoms in total. The van der Waals surface area contributed by atoms with E-state index in [-0.39, 0.29) is 22.6 Å². The lowest BCUT2D eigenvalue weighted by molar-refractivity contribution is -0.137. The van der Waals surface area contributed by atoms with Crippen LogP contribution in [0.3, 0.4) is 0 Å². The Kier molecular flexibility index (Phi) is 6.30. The van der Waals surface area contributed by atoms with Crippen molar-refractivity contribution in [3.05, 3.63) is 28.8 Å². The van der Waals surface area contributed by atoms with Crippen LogP contribution in [-0.4, -0.2) is 46.6 Å². The summed E-state index contributed by atoms with van der Waals surface area (Å²) >= 11 is 11.4. The third kappa shape index (κ3) is 4.30. The number of thiocarbonyl (C=S) groups is 1. The molecule has 1 saturated heterocycles. The van der Waals surface area contributed by atoms with E-state index in [0.29, 0.717) is 13.3 Å². The molecule has 0 atom stereocenters. The lowest BCUT2D eigenvalue weighted by Crippen LogP contribution is -2.58. The minimum Gasteiger partial charge on any atom is -0.376 e. The van der Waals surface area contributed by atoms with Crippen molar-refractivity contribution in [2.45, 2.75) is 25.9 Å². The van der Waals surface area contributed by atoms with Crippen LogP contribution < -0.4 is 4.90 Å². The Labute approximate surface area is 149 Å². The van der Waals surface area contributed by atoms with Gasteiger partial charge in [0.2, 0.25) is 0 Å². The zero-order chi connectivity index (χ0) is 17.9.